The van der Waals surface area contributed by atoms with E-state index in [2.05, 4.69) is 22.3 Å². The summed E-state index contributed by atoms with van der Waals surface area (Å²) in [4.78, 5) is 8.60. The first kappa shape index (κ1) is 10.4. The van der Waals surface area contributed by atoms with E-state index in [0.29, 0.717) is 5.92 Å². The van der Waals surface area contributed by atoms with Gasteiger partial charge >= 0.3 is 0 Å². The van der Waals surface area contributed by atoms with Crippen molar-refractivity contribution in [1.29, 1.82) is 0 Å². The smallest absolute Gasteiger partial charge is 0.162 e. The lowest BCUT2D eigenvalue weighted by Gasteiger charge is -2.26. The van der Waals surface area contributed by atoms with Crippen LogP contribution in [0.5, 0.6) is 0 Å². The Bertz CT molecular complexity index is 326. The lowest BCUT2D eigenvalue weighted by molar-refractivity contribution is 0.340. The third-order valence-corrected chi connectivity index (χ3v) is 3.19. The average molecular weight is 206 g/mol. The molecule has 1 saturated carbocycles. The summed E-state index contributed by atoms with van der Waals surface area (Å²) < 4.78 is 0. The Hall–Kier alpha value is -1.16. The van der Waals surface area contributed by atoms with Crippen LogP contribution in [0.25, 0.3) is 0 Å². The second kappa shape index (κ2) is 4.57. The van der Waals surface area contributed by atoms with Crippen molar-refractivity contribution < 1.29 is 0 Å². The molecular formula is C11H18N4. The number of nitrogens with zero attached hydrogens (tertiary/aromatic N) is 2. The van der Waals surface area contributed by atoms with E-state index in [-0.39, 0.29) is 0 Å². The summed E-state index contributed by atoms with van der Waals surface area (Å²) in [6.45, 7) is 2.30. The number of nitrogen functional groups attached to an aromatic ring is 1. The van der Waals surface area contributed by atoms with E-state index in [1.54, 1.807) is 12.4 Å². The Kier molecular flexibility index (Phi) is 3.16. The fraction of sp³-hybridized carbons (Fsp3) is 0.636. The highest BCUT2D eigenvalue weighted by atomic mass is 15.3. The molecule has 1 aromatic heterocycles. The number of anilines is 1. The van der Waals surface area contributed by atoms with Crippen LogP contribution in [0.1, 0.15) is 44.2 Å². The first-order valence-corrected chi connectivity index (χ1v) is 5.58. The van der Waals surface area contributed by atoms with Crippen LogP contribution in [0.3, 0.4) is 0 Å². The highest BCUT2D eigenvalue weighted by Gasteiger charge is 2.23. The molecule has 0 radical (unpaired) electrons. The SMILES string of the molecule is CC1CCCC(c2nccnc2NN)C1. The van der Waals surface area contributed by atoms with E-state index in [1.807, 2.05) is 0 Å². The molecule has 1 heterocycles. The van der Waals surface area contributed by atoms with Gasteiger partial charge in [-0.05, 0) is 18.8 Å². The Morgan fingerprint density at radius 2 is 2.13 bits per heavy atom. The van der Waals surface area contributed by atoms with Gasteiger partial charge in [-0.1, -0.05) is 19.8 Å². The molecule has 1 aliphatic rings. The van der Waals surface area contributed by atoms with E-state index >= 15 is 0 Å². The summed E-state index contributed by atoms with van der Waals surface area (Å²) in [6, 6.07) is 0. The van der Waals surface area contributed by atoms with Crippen molar-refractivity contribution in [2.75, 3.05) is 5.43 Å². The van der Waals surface area contributed by atoms with Crippen LogP contribution < -0.4 is 11.3 Å². The van der Waals surface area contributed by atoms with Crippen LogP contribution in [0, 0.1) is 5.92 Å². The number of aromatic nitrogens is 2. The van der Waals surface area contributed by atoms with Gasteiger partial charge in [0, 0.05) is 18.3 Å². The van der Waals surface area contributed by atoms with Crippen molar-refractivity contribution in [3.63, 3.8) is 0 Å². The van der Waals surface area contributed by atoms with E-state index < -0.39 is 0 Å². The summed E-state index contributed by atoms with van der Waals surface area (Å²) in [5.41, 5.74) is 3.67. The number of rotatable bonds is 2. The largest absolute Gasteiger partial charge is 0.307 e. The highest BCUT2D eigenvalue weighted by molar-refractivity contribution is 5.40. The third kappa shape index (κ3) is 2.26. The van der Waals surface area contributed by atoms with Crippen molar-refractivity contribution in [3.8, 4) is 0 Å². The fourth-order valence-electron chi connectivity index (χ4n) is 2.44. The maximum Gasteiger partial charge on any atom is 0.162 e. The number of nitrogens with two attached hydrogens (primary N) is 1. The van der Waals surface area contributed by atoms with Gasteiger partial charge in [0.05, 0.1) is 5.69 Å². The number of nitrogens with one attached hydrogen (secondary N) is 1. The van der Waals surface area contributed by atoms with Gasteiger partial charge in [0.1, 0.15) is 0 Å². The fourth-order valence-corrected chi connectivity index (χ4v) is 2.44. The van der Waals surface area contributed by atoms with Gasteiger partial charge in [0.15, 0.2) is 5.82 Å². The van der Waals surface area contributed by atoms with Gasteiger partial charge in [-0.25, -0.2) is 10.8 Å². The normalized spacial score (nSPS) is 26.3. The van der Waals surface area contributed by atoms with Crippen LogP contribution in [-0.4, -0.2) is 9.97 Å². The van der Waals surface area contributed by atoms with Gasteiger partial charge in [0.2, 0.25) is 0 Å². The number of hydrogen-bond acceptors (Lipinski definition) is 4. The van der Waals surface area contributed by atoms with Crippen molar-refractivity contribution in [3.05, 3.63) is 18.1 Å². The van der Waals surface area contributed by atoms with Crippen LogP contribution in [0.4, 0.5) is 5.82 Å². The molecule has 15 heavy (non-hydrogen) atoms. The molecule has 2 rings (SSSR count). The van der Waals surface area contributed by atoms with E-state index in [1.165, 1.54) is 25.7 Å². The molecule has 1 aromatic rings. The Morgan fingerprint density at radius 3 is 2.87 bits per heavy atom. The van der Waals surface area contributed by atoms with Gasteiger partial charge < -0.3 is 5.43 Å². The summed E-state index contributed by atoms with van der Waals surface area (Å²) in [6.07, 6.45) is 8.44. The molecule has 0 bridgehead atoms. The lowest BCUT2D eigenvalue weighted by atomic mass is 9.80. The minimum Gasteiger partial charge on any atom is -0.307 e. The Labute approximate surface area is 90.3 Å². The predicted molar refractivity (Wildman–Crippen MR) is 60.2 cm³/mol. The molecule has 2 atom stereocenters. The molecule has 0 amide bonds. The highest BCUT2D eigenvalue weighted by Crippen LogP contribution is 2.36. The van der Waals surface area contributed by atoms with Gasteiger partial charge in [0.25, 0.3) is 0 Å². The maximum atomic E-state index is 5.44. The summed E-state index contributed by atoms with van der Waals surface area (Å²) >= 11 is 0. The van der Waals surface area contributed by atoms with Gasteiger partial charge in [-0.2, -0.15) is 0 Å². The second-order valence-electron chi connectivity index (χ2n) is 4.40. The first-order chi connectivity index (χ1) is 7.31. The molecule has 0 spiro atoms. The molecule has 3 N–H and O–H groups in total. The molecule has 4 heteroatoms. The molecule has 1 fully saturated rings. The minimum absolute atomic E-state index is 0.522. The predicted octanol–water partition coefficient (Wildman–Crippen LogP) is 2.06. The van der Waals surface area contributed by atoms with Crippen LogP contribution in [0.15, 0.2) is 12.4 Å². The zero-order valence-corrected chi connectivity index (χ0v) is 9.11. The third-order valence-electron chi connectivity index (χ3n) is 3.19. The van der Waals surface area contributed by atoms with Crippen LogP contribution >= 0.6 is 0 Å². The van der Waals surface area contributed by atoms with Crippen molar-refractivity contribution in [1.82, 2.24) is 9.97 Å². The maximum absolute atomic E-state index is 5.44. The van der Waals surface area contributed by atoms with Crippen molar-refractivity contribution >= 4 is 5.82 Å². The van der Waals surface area contributed by atoms with Gasteiger partial charge in [-0.3, -0.25) is 4.98 Å². The standard InChI is InChI=1S/C11H18N4/c1-8-3-2-4-9(7-8)10-11(15-12)14-6-5-13-10/h5-6,8-9H,2-4,7,12H2,1H3,(H,14,15). The molecule has 0 aliphatic heterocycles. The number of hydrogen-bond donors (Lipinski definition) is 2. The summed E-state index contributed by atoms with van der Waals surface area (Å²) in [5.74, 6) is 7.48. The van der Waals surface area contributed by atoms with Crippen LogP contribution in [-0.2, 0) is 0 Å². The molecule has 0 aromatic carbocycles. The molecule has 0 saturated heterocycles. The molecule has 2 unspecified atom stereocenters. The van der Waals surface area contributed by atoms with E-state index in [4.69, 9.17) is 5.84 Å². The van der Waals surface area contributed by atoms with E-state index in [0.717, 1.165) is 17.4 Å². The zero-order chi connectivity index (χ0) is 10.7. The van der Waals surface area contributed by atoms with Crippen molar-refractivity contribution in [2.24, 2.45) is 11.8 Å². The average Bonchev–Trinajstić information content (AvgIpc) is 2.29. The Morgan fingerprint density at radius 1 is 1.33 bits per heavy atom. The van der Waals surface area contributed by atoms with Gasteiger partial charge in [-0.15, -0.1) is 0 Å². The van der Waals surface area contributed by atoms with Crippen molar-refractivity contribution in [2.45, 2.75) is 38.5 Å². The minimum atomic E-state index is 0.522. The quantitative estimate of drug-likeness (QED) is 0.574. The monoisotopic (exact) mass is 206 g/mol. The van der Waals surface area contributed by atoms with E-state index in [9.17, 15) is 0 Å². The first-order valence-electron chi connectivity index (χ1n) is 5.58. The zero-order valence-electron chi connectivity index (χ0n) is 9.11. The molecule has 1 aliphatic carbocycles. The summed E-state index contributed by atoms with van der Waals surface area (Å²) in [5, 5.41) is 0. The summed E-state index contributed by atoms with van der Waals surface area (Å²) in [7, 11) is 0. The Balaban J connectivity index is 2.20. The molecule has 4 nitrogen and oxygen atoms in total. The number of hydrazine groups is 1. The molecule has 82 valence electrons. The lowest BCUT2D eigenvalue weighted by Crippen LogP contribution is -2.18. The van der Waals surface area contributed by atoms with Crippen LogP contribution in [0.2, 0.25) is 0 Å². The molecular weight excluding hydrogens is 188 g/mol. The second-order valence-corrected chi connectivity index (χ2v) is 4.40. The topological polar surface area (TPSA) is 63.8 Å².